The predicted octanol–water partition coefficient (Wildman–Crippen LogP) is 2.75. The average Bonchev–Trinajstić information content (AvgIpc) is 2.67. The highest BCUT2D eigenvalue weighted by Gasteiger charge is 2.15. The Morgan fingerprint density at radius 1 is 1.53 bits per heavy atom. The maximum absolute atomic E-state index is 11.2. The van der Waals surface area contributed by atoms with Crippen LogP contribution < -0.4 is 0 Å². The topological polar surface area (TPSA) is 51.5 Å². The summed E-state index contributed by atoms with van der Waals surface area (Å²) in [6.45, 7) is 1.19. The number of fused-ring (bicyclic) bond motifs is 1. The maximum Gasteiger partial charge on any atom is 0.337 e. The lowest BCUT2D eigenvalue weighted by Gasteiger charge is -2.03. The van der Waals surface area contributed by atoms with Crippen LogP contribution in [0.5, 0.6) is 0 Å². The van der Waals surface area contributed by atoms with Crippen LogP contribution in [0.15, 0.2) is 28.9 Å². The number of methoxy groups -OCH3 is 1. The van der Waals surface area contributed by atoms with Crippen LogP contribution >= 0.6 is 15.9 Å². The summed E-state index contributed by atoms with van der Waals surface area (Å²) < 4.78 is 7.71. The second-order valence-corrected chi connectivity index (χ2v) is 4.52. The molecule has 2 aromatic rings. The maximum atomic E-state index is 11.2. The number of carboxylic acid groups (broad SMARTS) is 1. The van der Waals surface area contributed by atoms with Gasteiger partial charge in [0.2, 0.25) is 0 Å². The Balaban J connectivity index is 2.62. The first-order chi connectivity index (χ1) is 8.15. The molecule has 0 amide bonds. The third-order valence-corrected chi connectivity index (χ3v) is 3.28. The van der Waals surface area contributed by atoms with Gasteiger partial charge in [-0.2, -0.15) is 0 Å². The van der Waals surface area contributed by atoms with Gasteiger partial charge in [0.1, 0.15) is 0 Å². The highest BCUT2D eigenvalue weighted by molar-refractivity contribution is 9.10. The number of nitrogens with zero attached hydrogens (tertiary/aromatic N) is 1. The van der Waals surface area contributed by atoms with Crippen LogP contribution in [0.4, 0.5) is 0 Å². The van der Waals surface area contributed by atoms with Crippen LogP contribution in [0, 0.1) is 0 Å². The first-order valence-corrected chi connectivity index (χ1v) is 5.94. The number of carboxylic acids is 1. The summed E-state index contributed by atoms with van der Waals surface area (Å²) in [7, 11) is 1.62. The first kappa shape index (κ1) is 12.1. The van der Waals surface area contributed by atoms with Gasteiger partial charge in [-0.1, -0.05) is 22.0 Å². The molecular weight excluding hydrogens is 286 g/mol. The summed E-state index contributed by atoms with van der Waals surface area (Å²) in [5.41, 5.74) is 1.21. The molecule has 4 nitrogen and oxygen atoms in total. The van der Waals surface area contributed by atoms with Crippen molar-refractivity contribution in [2.24, 2.45) is 0 Å². The van der Waals surface area contributed by atoms with Crippen LogP contribution in [-0.4, -0.2) is 29.4 Å². The molecule has 0 unspecified atom stereocenters. The van der Waals surface area contributed by atoms with Gasteiger partial charge in [-0.05, 0) is 12.1 Å². The number of rotatable bonds is 4. The number of halogens is 1. The SMILES string of the molecule is COCCn1cc(C(=O)O)c2c(Br)cccc21. The molecule has 1 aromatic carbocycles. The van der Waals surface area contributed by atoms with Gasteiger partial charge in [-0.15, -0.1) is 0 Å². The Bertz CT molecular complexity index is 562. The van der Waals surface area contributed by atoms with Gasteiger partial charge in [0, 0.05) is 29.7 Å². The number of carbonyl (C=O) groups is 1. The normalized spacial score (nSPS) is 10.9. The fourth-order valence-corrected chi connectivity index (χ4v) is 2.41. The van der Waals surface area contributed by atoms with Crippen molar-refractivity contribution in [2.45, 2.75) is 6.54 Å². The zero-order valence-electron chi connectivity index (χ0n) is 9.31. The van der Waals surface area contributed by atoms with Crippen LogP contribution in [0.25, 0.3) is 10.9 Å². The fraction of sp³-hybridized carbons (Fsp3) is 0.250. The number of hydrogen-bond donors (Lipinski definition) is 1. The molecule has 17 heavy (non-hydrogen) atoms. The molecule has 0 saturated heterocycles. The Morgan fingerprint density at radius 2 is 2.29 bits per heavy atom. The van der Waals surface area contributed by atoms with Crippen molar-refractivity contribution in [1.29, 1.82) is 0 Å². The summed E-state index contributed by atoms with van der Waals surface area (Å²) in [5, 5.41) is 9.91. The fourth-order valence-electron chi connectivity index (χ4n) is 1.85. The molecule has 1 heterocycles. The van der Waals surface area contributed by atoms with E-state index >= 15 is 0 Å². The second-order valence-electron chi connectivity index (χ2n) is 3.67. The Morgan fingerprint density at radius 3 is 2.94 bits per heavy atom. The largest absolute Gasteiger partial charge is 0.478 e. The number of aromatic nitrogens is 1. The lowest BCUT2D eigenvalue weighted by atomic mass is 10.2. The van der Waals surface area contributed by atoms with E-state index < -0.39 is 5.97 Å². The minimum absolute atomic E-state index is 0.309. The van der Waals surface area contributed by atoms with Crippen molar-refractivity contribution in [1.82, 2.24) is 4.57 Å². The predicted molar refractivity (Wildman–Crippen MR) is 68.5 cm³/mol. The first-order valence-electron chi connectivity index (χ1n) is 5.14. The van der Waals surface area contributed by atoms with Gasteiger partial charge < -0.3 is 14.4 Å². The minimum Gasteiger partial charge on any atom is -0.478 e. The summed E-state index contributed by atoms with van der Waals surface area (Å²) in [6, 6.07) is 5.64. The molecule has 5 heteroatoms. The highest BCUT2D eigenvalue weighted by Crippen LogP contribution is 2.29. The molecule has 1 aromatic heterocycles. The van der Waals surface area contributed by atoms with E-state index in [-0.39, 0.29) is 0 Å². The van der Waals surface area contributed by atoms with Gasteiger partial charge in [0.25, 0.3) is 0 Å². The standard InChI is InChI=1S/C12H12BrNO3/c1-17-6-5-14-7-8(12(15)16)11-9(13)3-2-4-10(11)14/h2-4,7H,5-6H2,1H3,(H,15,16). The summed E-state index contributed by atoms with van der Waals surface area (Å²) in [6.07, 6.45) is 1.65. The van der Waals surface area contributed by atoms with Crippen molar-refractivity contribution in [3.05, 3.63) is 34.4 Å². The van der Waals surface area contributed by atoms with E-state index in [2.05, 4.69) is 15.9 Å². The van der Waals surface area contributed by atoms with Gasteiger partial charge >= 0.3 is 5.97 Å². The highest BCUT2D eigenvalue weighted by atomic mass is 79.9. The molecule has 0 aliphatic heterocycles. The Hall–Kier alpha value is -1.33. The summed E-state index contributed by atoms with van der Waals surface area (Å²) in [4.78, 5) is 11.2. The van der Waals surface area contributed by atoms with E-state index in [1.165, 1.54) is 0 Å². The summed E-state index contributed by atoms with van der Waals surface area (Å²) in [5.74, 6) is -0.918. The molecule has 90 valence electrons. The molecule has 1 N–H and O–H groups in total. The molecule has 0 saturated carbocycles. The van der Waals surface area contributed by atoms with Gasteiger partial charge in [0.15, 0.2) is 0 Å². The Kier molecular flexibility index (Phi) is 3.49. The van der Waals surface area contributed by atoms with E-state index in [4.69, 9.17) is 4.74 Å². The van der Waals surface area contributed by atoms with Crippen LogP contribution in [-0.2, 0) is 11.3 Å². The number of ether oxygens (including phenoxy) is 1. The number of benzene rings is 1. The molecule has 0 fully saturated rings. The zero-order valence-corrected chi connectivity index (χ0v) is 10.9. The van der Waals surface area contributed by atoms with Gasteiger partial charge in [-0.3, -0.25) is 0 Å². The van der Waals surface area contributed by atoms with E-state index in [1.807, 2.05) is 22.8 Å². The second kappa shape index (κ2) is 4.89. The van der Waals surface area contributed by atoms with E-state index in [0.717, 1.165) is 15.4 Å². The molecular formula is C12H12BrNO3. The van der Waals surface area contributed by atoms with E-state index in [9.17, 15) is 9.90 Å². The van der Waals surface area contributed by atoms with Crippen molar-refractivity contribution < 1.29 is 14.6 Å². The third-order valence-electron chi connectivity index (χ3n) is 2.62. The van der Waals surface area contributed by atoms with Crippen molar-refractivity contribution in [3.8, 4) is 0 Å². The van der Waals surface area contributed by atoms with Crippen LogP contribution in [0.2, 0.25) is 0 Å². The lowest BCUT2D eigenvalue weighted by Crippen LogP contribution is -2.02. The zero-order chi connectivity index (χ0) is 12.4. The third kappa shape index (κ3) is 2.21. The average molecular weight is 298 g/mol. The Labute approximate surface area is 107 Å². The quantitative estimate of drug-likeness (QED) is 0.944. The minimum atomic E-state index is -0.918. The number of aromatic carboxylic acids is 1. The smallest absolute Gasteiger partial charge is 0.337 e. The monoisotopic (exact) mass is 297 g/mol. The number of hydrogen-bond acceptors (Lipinski definition) is 2. The van der Waals surface area contributed by atoms with Crippen molar-refractivity contribution in [2.75, 3.05) is 13.7 Å². The molecule has 0 atom stereocenters. The molecule has 0 aliphatic rings. The lowest BCUT2D eigenvalue weighted by molar-refractivity contribution is 0.0698. The van der Waals surface area contributed by atoms with Crippen molar-refractivity contribution in [3.63, 3.8) is 0 Å². The molecule has 0 spiro atoms. The van der Waals surface area contributed by atoms with Gasteiger partial charge in [-0.25, -0.2) is 4.79 Å². The van der Waals surface area contributed by atoms with Gasteiger partial charge in [0.05, 0.1) is 17.7 Å². The van der Waals surface area contributed by atoms with E-state index in [1.54, 1.807) is 13.3 Å². The molecule has 0 aliphatic carbocycles. The van der Waals surface area contributed by atoms with Crippen LogP contribution in [0.3, 0.4) is 0 Å². The van der Waals surface area contributed by atoms with Crippen molar-refractivity contribution >= 4 is 32.8 Å². The molecule has 2 rings (SSSR count). The molecule has 0 bridgehead atoms. The van der Waals surface area contributed by atoms with E-state index in [0.29, 0.717) is 18.7 Å². The van der Waals surface area contributed by atoms with Crippen LogP contribution in [0.1, 0.15) is 10.4 Å². The summed E-state index contributed by atoms with van der Waals surface area (Å²) >= 11 is 3.39. The molecule has 0 radical (unpaired) electrons.